The zero-order valence-electron chi connectivity index (χ0n) is 27.0. The second-order valence-electron chi connectivity index (χ2n) is 12.3. The summed E-state index contributed by atoms with van der Waals surface area (Å²) in [5.41, 5.74) is -0.530. The van der Waals surface area contributed by atoms with E-state index in [1.807, 2.05) is 0 Å². The second kappa shape index (κ2) is 21.1. The largest absolute Gasteiger partial charge is 0.449 e. The van der Waals surface area contributed by atoms with Gasteiger partial charge in [-0.1, -0.05) is 109 Å². The summed E-state index contributed by atoms with van der Waals surface area (Å²) >= 11 is 0. The number of pyridine rings is 1. The summed E-state index contributed by atoms with van der Waals surface area (Å²) in [7, 11) is -3.31. The van der Waals surface area contributed by atoms with Crippen molar-refractivity contribution in [3.05, 3.63) is 30.1 Å². The van der Waals surface area contributed by atoms with Gasteiger partial charge in [0, 0.05) is 19.7 Å². The van der Waals surface area contributed by atoms with Crippen molar-refractivity contribution < 1.29 is 32.3 Å². The van der Waals surface area contributed by atoms with E-state index in [1.165, 1.54) is 90.4 Å². The molecule has 1 aliphatic rings. The first-order chi connectivity index (χ1) is 21.2. The van der Waals surface area contributed by atoms with Crippen LogP contribution in [-0.2, 0) is 30.7 Å². The van der Waals surface area contributed by atoms with Gasteiger partial charge in [0.1, 0.15) is 13.2 Å². The van der Waals surface area contributed by atoms with Gasteiger partial charge in [0.05, 0.1) is 29.2 Å². The molecule has 1 aromatic rings. The lowest BCUT2D eigenvalue weighted by molar-refractivity contribution is -0.128. The fraction of sp³-hybridized carbons (Fsp3) is 0.758. The van der Waals surface area contributed by atoms with Gasteiger partial charge in [-0.25, -0.2) is 22.9 Å². The number of aromatic nitrogens is 1. The summed E-state index contributed by atoms with van der Waals surface area (Å²) < 4.78 is 34.5. The third-order valence-corrected chi connectivity index (χ3v) is 10.1. The van der Waals surface area contributed by atoms with Gasteiger partial charge in [0.15, 0.2) is 9.84 Å². The maximum absolute atomic E-state index is 12.6. The SMILES string of the molecule is CCCCCCCCCCCCCCCCCCNC(=O)OCC1(COC(=O)N(Cc2ccccn2)C(C)=O)CS(=O)(=O)C1. The standard InChI is InChI=1S/C33H55N3O7S/c1-3-4-5-6-7-8-9-10-11-12-13-14-15-16-17-19-23-35-31(38)42-25-33(27-44(40,41)28-33)26-43-32(39)36(29(2)37)24-30-21-18-20-22-34-30/h18,20-22H,3-17,19,23-28H2,1-2H3,(H,35,38). The van der Waals surface area contributed by atoms with Crippen molar-refractivity contribution in [2.24, 2.45) is 5.41 Å². The third-order valence-electron chi connectivity index (χ3n) is 8.01. The number of ether oxygens (including phenoxy) is 2. The van der Waals surface area contributed by atoms with Crippen LogP contribution in [-0.4, -0.2) is 67.7 Å². The van der Waals surface area contributed by atoms with Crippen molar-refractivity contribution in [3.63, 3.8) is 0 Å². The predicted molar refractivity (Wildman–Crippen MR) is 172 cm³/mol. The van der Waals surface area contributed by atoms with Crippen molar-refractivity contribution in [2.75, 3.05) is 31.3 Å². The Balaban J connectivity index is 1.54. The van der Waals surface area contributed by atoms with Crippen LogP contribution in [0.4, 0.5) is 9.59 Å². The van der Waals surface area contributed by atoms with Crippen molar-refractivity contribution in [2.45, 2.75) is 123 Å². The molecule has 1 N–H and O–H groups in total. The summed E-state index contributed by atoms with van der Waals surface area (Å²) in [6.45, 7) is 3.42. The Labute approximate surface area is 265 Å². The van der Waals surface area contributed by atoms with Crippen molar-refractivity contribution in [1.82, 2.24) is 15.2 Å². The minimum Gasteiger partial charge on any atom is -0.449 e. The van der Waals surface area contributed by atoms with Crippen LogP contribution in [0.1, 0.15) is 122 Å². The highest BCUT2D eigenvalue weighted by Crippen LogP contribution is 2.34. The number of hydrogen-bond acceptors (Lipinski definition) is 8. The van der Waals surface area contributed by atoms with Crippen molar-refractivity contribution >= 4 is 27.9 Å². The number of hydrogen-bond donors (Lipinski definition) is 1. The molecule has 2 heterocycles. The number of nitrogens with zero attached hydrogens (tertiary/aromatic N) is 2. The first kappa shape index (κ1) is 37.5. The molecule has 2 rings (SSSR count). The molecule has 250 valence electrons. The average Bonchev–Trinajstić information content (AvgIpc) is 2.98. The molecule has 10 nitrogen and oxygen atoms in total. The van der Waals surface area contributed by atoms with E-state index >= 15 is 0 Å². The molecule has 11 heteroatoms. The molecular formula is C33H55N3O7S. The number of carbonyl (C=O) groups is 3. The molecule has 1 fully saturated rings. The van der Waals surface area contributed by atoms with Gasteiger partial charge < -0.3 is 14.8 Å². The lowest BCUT2D eigenvalue weighted by Crippen LogP contribution is -2.55. The van der Waals surface area contributed by atoms with Crippen LogP contribution >= 0.6 is 0 Å². The van der Waals surface area contributed by atoms with Gasteiger partial charge in [-0.05, 0) is 18.6 Å². The van der Waals surface area contributed by atoms with E-state index in [2.05, 4.69) is 17.2 Å². The lowest BCUT2D eigenvalue weighted by Gasteiger charge is -2.39. The fourth-order valence-electron chi connectivity index (χ4n) is 5.48. The molecule has 0 spiro atoms. The molecular weight excluding hydrogens is 582 g/mol. The van der Waals surface area contributed by atoms with Gasteiger partial charge in [0.25, 0.3) is 0 Å². The van der Waals surface area contributed by atoms with Crippen LogP contribution in [0.3, 0.4) is 0 Å². The number of nitrogens with one attached hydrogen (secondary N) is 1. The topological polar surface area (TPSA) is 132 Å². The molecule has 0 unspecified atom stereocenters. The van der Waals surface area contributed by atoms with E-state index in [1.54, 1.807) is 24.4 Å². The smallest absolute Gasteiger partial charge is 0.416 e. The van der Waals surface area contributed by atoms with Crippen LogP contribution < -0.4 is 5.32 Å². The Hall–Kier alpha value is -2.69. The Morgan fingerprint density at radius 1 is 0.818 bits per heavy atom. The number of imide groups is 1. The van der Waals surface area contributed by atoms with E-state index in [4.69, 9.17) is 9.47 Å². The van der Waals surface area contributed by atoms with Crippen LogP contribution in [0.15, 0.2) is 24.4 Å². The summed E-state index contributed by atoms with van der Waals surface area (Å²) in [4.78, 5) is 41.9. The quantitative estimate of drug-likeness (QED) is 0.127. The van der Waals surface area contributed by atoms with Crippen LogP contribution in [0.5, 0.6) is 0 Å². The molecule has 0 aliphatic carbocycles. The number of unbranched alkanes of at least 4 members (excludes halogenated alkanes) is 15. The molecule has 0 atom stereocenters. The molecule has 1 aromatic heterocycles. The van der Waals surface area contributed by atoms with Gasteiger partial charge in [-0.15, -0.1) is 0 Å². The first-order valence-electron chi connectivity index (χ1n) is 16.6. The summed E-state index contributed by atoms with van der Waals surface area (Å²) in [5, 5.41) is 2.72. The number of alkyl carbamates (subject to hydrolysis) is 1. The average molecular weight is 638 g/mol. The molecule has 3 amide bonds. The molecule has 44 heavy (non-hydrogen) atoms. The zero-order chi connectivity index (χ0) is 32.1. The number of amides is 3. The van der Waals surface area contributed by atoms with E-state index in [9.17, 15) is 22.8 Å². The molecule has 1 saturated heterocycles. The van der Waals surface area contributed by atoms with Crippen LogP contribution in [0, 0.1) is 5.41 Å². The Bertz CT molecular complexity index is 1070. The van der Waals surface area contributed by atoms with Gasteiger partial charge in [0.2, 0.25) is 5.91 Å². The molecule has 0 aromatic carbocycles. The number of sulfone groups is 1. The van der Waals surface area contributed by atoms with Crippen LogP contribution in [0.2, 0.25) is 0 Å². The second-order valence-corrected chi connectivity index (χ2v) is 14.4. The predicted octanol–water partition coefficient (Wildman–Crippen LogP) is 6.97. The van der Waals surface area contributed by atoms with Crippen molar-refractivity contribution in [3.8, 4) is 0 Å². The molecule has 1 aliphatic heterocycles. The maximum atomic E-state index is 12.6. The normalized spacial score (nSPS) is 14.8. The minimum atomic E-state index is -3.31. The summed E-state index contributed by atoms with van der Waals surface area (Å²) in [5.74, 6) is -1.05. The third kappa shape index (κ3) is 15.9. The number of rotatable bonds is 23. The first-order valence-corrected chi connectivity index (χ1v) is 18.4. The monoisotopic (exact) mass is 637 g/mol. The Morgan fingerprint density at radius 3 is 1.82 bits per heavy atom. The van der Waals surface area contributed by atoms with Crippen LogP contribution in [0.25, 0.3) is 0 Å². The Morgan fingerprint density at radius 2 is 1.34 bits per heavy atom. The highest BCUT2D eigenvalue weighted by Gasteiger charge is 2.51. The van der Waals surface area contributed by atoms with Gasteiger partial charge in [-0.2, -0.15) is 0 Å². The summed E-state index contributed by atoms with van der Waals surface area (Å²) in [6.07, 6.45) is 20.5. The number of carbonyl (C=O) groups excluding carboxylic acids is 3. The summed E-state index contributed by atoms with van der Waals surface area (Å²) in [6, 6.07) is 5.14. The highest BCUT2D eigenvalue weighted by molar-refractivity contribution is 7.92. The van der Waals surface area contributed by atoms with E-state index in [0.717, 1.165) is 24.2 Å². The van der Waals surface area contributed by atoms with Gasteiger partial charge in [-0.3, -0.25) is 9.78 Å². The zero-order valence-corrected chi connectivity index (χ0v) is 27.8. The van der Waals surface area contributed by atoms with Gasteiger partial charge >= 0.3 is 12.2 Å². The molecule has 0 radical (unpaired) electrons. The highest BCUT2D eigenvalue weighted by atomic mass is 32.2. The minimum absolute atomic E-state index is 0.0709. The Kier molecular flexibility index (Phi) is 18.0. The van der Waals surface area contributed by atoms with E-state index in [-0.39, 0.29) is 31.3 Å². The molecule has 0 saturated carbocycles. The maximum Gasteiger partial charge on any atom is 0.416 e. The van der Waals surface area contributed by atoms with E-state index < -0.39 is 33.3 Å². The van der Waals surface area contributed by atoms with E-state index in [0.29, 0.717) is 12.2 Å². The fourth-order valence-corrected chi connectivity index (χ4v) is 7.60. The lowest BCUT2D eigenvalue weighted by atomic mass is 9.94. The van der Waals surface area contributed by atoms with Crippen molar-refractivity contribution in [1.29, 1.82) is 0 Å². The molecule has 0 bridgehead atoms.